The Kier molecular flexibility index (Phi) is 5.22. The minimum atomic E-state index is 0.189. The van der Waals surface area contributed by atoms with Gasteiger partial charge in [-0.25, -0.2) is 4.98 Å². The zero-order valence-electron chi connectivity index (χ0n) is 16.1. The van der Waals surface area contributed by atoms with Crippen LogP contribution in [0.1, 0.15) is 49.2 Å². The highest BCUT2D eigenvalue weighted by Crippen LogP contribution is 2.39. The van der Waals surface area contributed by atoms with Crippen LogP contribution in [0.2, 0.25) is 5.02 Å². The lowest BCUT2D eigenvalue weighted by molar-refractivity contribution is -0.129. The molecule has 2 aromatic carbocycles. The fraction of sp³-hybridized carbons (Fsp3) is 0.409. The highest BCUT2D eigenvalue weighted by atomic mass is 35.5. The van der Waals surface area contributed by atoms with Crippen LogP contribution in [-0.4, -0.2) is 44.8 Å². The second kappa shape index (κ2) is 8.00. The summed E-state index contributed by atoms with van der Waals surface area (Å²) in [6.45, 7) is 1.56. The molecule has 0 radical (unpaired) electrons. The summed E-state index contributed by atoms with van der Waals surface area (Å²) in [5.41, 5.74) is 0. The Hall–Kier alpha value is -2.05. The van der Waals surface area contributed by atoms with Crippen LogP contribution in [0.4, 0.5) is 0 Å². The number of carbonyl (C=O) groups is 1. The Balaban J connectivity index is 1.18. The van der Waals surface area contributed by atoms with Crippen LogP contribution >= 0.6 is 23.4 Å². The Labute approximate surface area is 179 Å². The molecule has 0 unspecified atom stereocenters. The Morgan fingerprint density at radius 1 is 1.10 bits per heavy atom. The molecule has 2 fully saturated rings. The maximum Gasteiger partial charge on any atom is 0.232 e. The Morgan fingerprint density at radius 2 is 1.86 bits per heavy atom. The lowest BCUT2D eigenvalue weighted by atomic mass is 9.96. The largest absolute Gasteiger partial charge is 0.342 e. The number of halogens is 1. The monoisotopic (exact) mass is 426 g/mol. The van der Waals surface area contributed by atoms with Crippen molar-refractivity contribution in [2.24, 2.45) is 0 Å². The third-order valence-corrected chi connectivity index (χ3v) is 7.22. The van der Waals surface area contributed by atoms with Crippen molar-refractivity contribution in [3.05, 3.63) is 53.1 Å². The zero-order valence-corrected chi connectivity index (χ0v) is 17.7. The van der Waals surface area contributed by atoms with Crippen LogP contribution in [0.5, 0.6) is 0 Å². The first-order valence-electron chi connectivity index (χ1n) is 10.2. The van der Waals surface area contributed by atoms with Crippen LogP contribution in [0.25, 0.3) is 10.8 Å². The van der Waals surface area contributed by atoms with Crippen molar-refractivity contribution in [2.75, 3.05) is 18.8 Å². The summed E-state index contributed by atoms with van der Waals surface area (Å²) in [6, 6.07) is 12.0. The van der Waals surface area contributed by atoms with E-state index >= 15 is 0 Å². The molecule has 1 amide bonds. The third-order valence-electron chi connectivity index (χ3n) is 5.86. The Bertz CT molecular complexity index is 1030. The second-order valence-electron chi connectivity index (χ2n) is 7.89. The topological polar surface area (TPSA) is 61.9 Å². The number of likely N-dealkylation sites (tertiary alicyclic amines) is 1. The molecule has 1 saturated heterocycles. The number of fused-ring (bicyclic) bond motifs is 1. The van der Waals surface area contributed by atoms with E-state index in [0.717, 1.165) is 58.3 Å². The van der Waals surface area contributed by atoms with E-state index in [1.807, 2.05) is 29.2 Å². The number of nitrogens with one attached hydrogen (secondary N) is 1. The number of nitrogens with zero attached hydrogens (tertiary/aromatic N) is 3. The van der Waals surface area contributed by atoms with E-state index in [2.05, 4.69) is 22.3 Å². The smallest absolute Gasteiger partial charge is 0.232 e. The van der Waals surface area contributed by atoms with Crippen molar-refractivity contribution in [1.29, 1.82) is 0 Å². The fourth-order valence-corrected chi connectivity index (χ4v) is 5.36. The van der Waals surface area contributed by atoms with Crippen molar-refractivity contribution >= 4 is 40.0 Å². The molecule has 5 rings (SSSR count). The van der Waals surface area contributed by atoms with Gasteiger partial charge in [0.25, 0.3) is 0 Å². The van der Waals surface area contributed by atoms with Gasteiger partial charge < -0.3 is 4.90 Å². The number of benzene rings is 2. The first kappa shape index (κ1) is 18.9. The molecule has 5 nitrogen and oxygen atoms in total. The number of hydrogen-bond donors (Lipinski definition) is 1. The second-order valence-corrected chi connectivity index (χ2v) is 9.32. The summed E-state index contributed by atoms with van der Waals surface area (Å²) in [4.78, 5) is 20.5. The molecule has 150 valence electrons. The van der Waals surface area contributed by atoms with Gasteiger partial charge in [-0.05, 0) is 43.2 Å². The summed E-state index contributed by atoms with van der Waals surface area (Å²) >= 11 is 7.98. The highest BCUT2D eigenvalue weighted by molar-refractivity contribution is 8.00. The van der Waals surface area contributed by atoms with E-state index in [1.165, 1.54) is 12.8 Å². The minimum absolute atomic E-state index is 0.189. The van der Waals surface area contributed by atoms with Gasteiger partial charge in [0.1, 0.15) is 5.82 Å². The molecular weight excluding hydrogens is 404 g/mol. The van der Waals surface area contributed by atoms with Crippen molar-refractivity contribution in [2.45, 2.75) is 42.4 Å². The number of aromatic nitrogens is 3. The molecule has 1 aliphatic carbocycles. The average Bonchev–Trinajstić information content (AvgIpc) is 3.49. The van der Waals surface area contributed by atoms with Gasteiger partial charge in [0.05, 0.1) is 5.75 Å². The number of hydrogen-bond acceptors (Lipinski definition) is 4. The van der Waals surface area contributed by atoms with E-state index in [-0.39, 0.29) is 5.91 Å². The lowest BCUT2D eigenvalue weighted by Gasteiger charge is -2.31. The standard InChI is InChI=1S/C22H23ClN4OS/c23-17-5-1-3-14-4-2-6-18(20(14)17)29-13-19(28)27-11-9-16(10-12-27)22-24-21(25-26-22)15-7-8-15/h1-6,15-16H,7-13H2,(H,24,25,26). The van der Waals surface area contributed by atoms with E-state index in [4.69, 9.17) is 16.6 Å². The maximum absolute atomic E-state index is 12.8. The third kappa shape index (κ3) is 4.01. The van der Waals surface area contributed by atoms with Crippen molar-refractivity contribution in [3.63, 3.8) is 0 Å². The van der Waals surface area contributed by atoms with Gasteiger partial charge in [-0.2, -0.15) is 5.10 Å². The quantitative estimate of drug-likeness (QED) is 0.584. The molecule has 0 spiro atoms. The SMILES string of the molecule is O=C(CSc1cccc2cccc(Cl)c12)N1CCC(c2nc(C3CC3)n[nH]2)CC1. The van der Waals surface area contributed by atoms with E-state index in [1.54, 1.807) is 11.8 Å². The maximum atomic E-state index is 12.8. The van der Waals surface area contributed by atoms with Gasteiger partial charge in [-0.1, -0.05) is 35.9 Å². The molecule has 2 aliphatic rings. The van der Waals surface area contributed by atoms with Crippen LogP contribution in [-0.2, 0) is 4.79 Å². The molecule has 1 aliphatic heterocycles. The number of H-pyrrole nitrogens is 1. The van der Waals surface area contributed by atoms with Gasteiger partial charge >= 0.3 is 0 Å². The molecule has 0 bridgehead atoms. The number of amides is 1. The summed E-state index contributed by atoms with van der Waals surface area (Å²) < 4.78 is 0. The molecule has 7 heteroatoms. The van der Waals surface area contributed by atoms with Crippen molar-refractivity contribution in [3.8, 4) is 0 Å². The van der Waals surface area contributed by atoms with E-state index in [0.29, 0.717) is 17.6 Å². The number of piperidine rings is 1. The Morgan fingerprint density at radius 3 is 2.62 bits per heavy atom. The number of carbonyl (C=O) groups excluding carboxylic acids is 1. The van der Waals surface area contributed by atoms with Gasteiger partial charge in [0.15, 0.2) is 5.82 Å². The fourth-order valence-electron chi connectivity index (χ4n) is 4.01. The molecule has 1 saturated carbocycles. The van der Waals surface area contributed by atoms with Gasteiger partial charge in [-0.3, -0.25) is 9.89 Å². The molecule has 0 atom stereocenters. The summed E-state index contributed by atoms with van der Waals surface area (Å²) in [5, 5.41) is 10.4. The van der Waals surface area contributed by atoms with Crippen LogP contribution < -0.4 is 0 Å². The number of rotatable bonds is 5. The minimum Gasteiger partial charge on any atom is -0.342 e. The van der Waals surface area contributed by atoms with Gasteiger partial charge in [0.2, 0.25) is 5.91 Å². The van der Waals surface area contributed by atoms with Crippen molar-refractivity contribution < 1.29 is 4.79 Å². The summed E-state index contributed by atoms with van der Waals surface area (Å²) in [7, 11) is 0. The lowest BCUT2D eigenvalue weighted by Crippen LogP contribution is -2.39. The predicted octanol–water partition coefficient (Wildman–Crippen LogP) is 4.99. The summed E-state index contributed by atoms with van der Waals surface area (Å²) in [5.74, 6) is 3.55. The average molecular weight is 427 g/mol. The molecule has 1 N–H and O–H groups in total. The molecule has 2 heterocycles. The molecule has 3 aromatic rings. The first-order valence-corrected chi connectivity index (χ1v) is 11.6. The summed E-state index contributed by atoms with van der Waals surface area (Å²) in [6.07, 6.45) is 4.30. The normalized spacial score (nSPS) is 17.8. The zero-order chi connectivity index (χ0) is 19.8. The van der Waals surface area contributed by atoms with Crippen LogP contribution in [0.15, 0.2) is 41.3 Å². The molecular formula is C22H23ClN4OS. The van der Waals surface area contributed by atoms with E-state index < -0.39 is 0 Å². The molecule has 1 aromatic heterocycles. The van der Waals surface area contributed by atoms with E-state index in [9.17, 15) is 4.79 Å². The highest BCUT2D eigenvalue weighted by Gasteiger charge is 2.30. The molecule has 29 heavy (non-hydrogen) atoms. The number of aromatic amines is 1. The van der Waals surface area contributed by atoms with Crippen LogP contribution in [0.3, 0.4) is 0 Å². The number of thioether (sulfide) groups is 1. The van der Waals surface area contributed by atoms with Crippen LogP contribution in [0, 0.1) is 0 Å². The first-order chi connectivity index (χ1) is 14.2. The van der Waals surface area contributed by atoms with Gasteiger partial charge in [-0.15, -0.1) is 11.8 Å². The van der Waals surface area contributed by atoms with Gasteiger partial charge in [0, 0.05) is 40.2 Å². The predicted molar refractivity (Wildman–Crippen MR) is 117 cm³/mol. The van der Waals surface area contributed by atoms with Crippen molar-refractivity contribution in [1.82, 2.24) is 20.1 Å².